The fraction of sp³-hybridized carbons (Fsp3) is 0.538. The highest BCUT2D eigenvalue weighted by molar-refractivity contribution is 5.29. The van der Waals surface area contributed by atoms with E-state index in [4.69, 9.17) is 15.2 Å². The summed E-state index contributed by atoms with van der Waals surface area (Å²) in [5, 5.41) is 0. The molecule has 0 saturated heterocycles. The fourth-order valence-corrected chi connectivity index (χ4v) is 1.58. The summed E-state index contributed by atoms with van der Waals surface area (Å²) >= 11 is 0. The van der Waals surface area contributed by atoms with E-state index >= 15 is 0 Å². The number of benzene rings is 1. The van der Waals surface area contributed by atoms with Gasteiger partial charge in [0.15, 0.2) is 6.10 Å². The lowest BCUT2D eigenvalue weighted by Crippen LogP contribution is -2.36. The largest absolute Gasteiger partial charge is 0.497 e. The summed E-state index contributed by atoms with van der Waals surface area (Å²) in [5.74, 6) is 0.660. The molecule has 0 radical (unpaired) electrons. The number of halogens is 3. The number of ether oxygens (including phenoxy) is 2. The second-order valence-electron chi connectivity index (χ2n) is 4.32. The van der Waals surface area contributed by atoms with E-state index < -0.39 is 24.4 Å². The Kier molecular flexibility index (Phi) is 5.20. The van der Waals surface area contributed by atoms with Crippen LogP contribution in [0.3, 0.4) is 0 Å². The Morgan fingerprint density at radius 3 is 2.05 bits per heavy atom. The zero-order valence-corrected chi connectivity index (χ0v) is 11.1. The molecule has 3 atom stereocenters. The number of rotatable bonds is 5. The molecule has 0 bridgehead atoms. The maximum absolute atomic E-state index is 12.4. The first-order valence-corrected chi connectivity index (χ1v) is 5.87. The van der Waals surface area contributed by atoms with E-state index in [2.05, 4.69) is 0 Å². The maximum Gasteiger partial charge on any atom is 0.414 e. The predicted molar refractivity (Wildman–Crippen MR) is 66.0 cm³/mol. The second-order valence-corrected chi connectivity index (χ2v) is 4.32. The molecule has 0 saturated carbocycles. The molecule has 1 aromatic carbocycles. The quantitative estimate of drug-likeness (QED) is 0.899. The molecule has 1 aromatic rings. The summed E-state index contributed by atoms with van der Waals surface area (Å²) in [6.07, 6.45) is -6.97. The van der Waals surface area contributed by atoms with Crippen LogP contribution in [0.1, 0.15) is 25.5 Å². The Labute approximate surface area is 110 Å². The molecule has 6 heteroatoms. The molecule has 0 aromatic heterocycles. The van der Waals surface area contributed by atoms with Gasteiger partial charge in [0.25, 0.3) is 0 Å². The van der Waals surface area contributed by atoms with Crippen LogP contribution >= 0.6 is 0 Å². The van der Waals surface area contributed by atoms with Crippen LogP contribution in [0.25, 0.3) is 0 Å². The zero-order chi connectivity index (χ0) is 14.6. The van der Waals surface area contributed by atoms with Gasteiger partial charge in [-0.3, -0.25) is 0 Å². The van der Waals surface area contributed by atoms with Crippen LogP contribution in [0.4, 0.5) is 13.2 Å². The molecule has 0 aliphatic rings. The van der Waals surface area contributed by atoms with Crippen molar-refractivity contribution in [3.05, 3.63) is 29.8 Å². The van der Waals surface area contributed by atoms with Gasteiger partial charge in [-0.25, -0.2) is 0 Å². The first-order chi connectivity index (χ1) is 8.75. The summed E-state index contributed by atoms with van der Waals surface area (Å²) in [5.41, 5.74) is 6.59. The molecule has 3 nitrogen and oxygen atoms in total. The van der Waals surface area contributed by atoms with E-state index in [0.29, 0.717) is 11.3 Å². The normalized spacial score (nSPS) is 16.8. The van der Waals surface area contributed by atoms with Crippen LogP contribution in [0.5, 0.6) is 5.75 Å². The van der Waals surface area contributed by atoms with Crippen molar-refractivity contribution >= 4 is 0 Å². The van der Waals surface area contributed by atoms with E-state index in [-0.39, 0.29) is 0 Å². The zero-order valence-electron chi connectivity index (χ0n) is 11.1. The van der Waals surface area contributed by atoms with Crippen LogP contribution in [-0.2, 0) is 4.74 Å². The third-order valence-electron chi connectivity index (χ3n) is 2.89. The van der Waals surface area contributed by atoms with Crippen molar-refractivity contribution in [3.8, 4) is 5.75 Å². The summed E-state index contributed by atoms with van der Waals surface area (Å²) in [4.78, 5) is 0. The fourth-order valence-electron chi connectivity index (χ4n) is 1.58. The molecule has 0 spiro atoms. The van der Waals surface area contributed by atoms with Crippen molar-refractivity contribution in [1.82, 2.24) is 0 Å². The number of nitrogens with two attached hydrogens (primary N) is 1. The molecule has 2 N–H and O–H groups in total. The molecule has 19 heavy (non-hydrogen) atoms. The van der Waals surface area contributed by atoms with Gasteiger partial charge in [0.1, 0.15) is 5.75 Å². The summed E-state index contributed by atoms with van der Waals surface area (Å²) in [6.45, 7) is 2.49. The van der Waals surface area contributed by atoms with Crippen LogP contribution in [-0.4, -0.2) is 25.5 Å². The summed E-state index contributed by atoms with van der Waals surface area (Å²) in [7, 11) is 1.53. The standard InChI is InChI=1S/C13H18F3NO2/c1-8(19-9(2)13(14,15)16)12(17)10-4-6-11(18-3)7-5-10/h4-9,12H,17H2,1-3H3. The van der Waals surface area contributed by atoms with Crippen LogP contribution < -0.4 is 10.5 Å². The second kappa shape index (κ2) is 6.25. The number of alkyl halides is 3. The predicted octanol–water partition coefficient (Wildman–Crippen LogP) is 3.05. The average Bonchev–Trinajstić information content (AvgIpc) is 2.36. The molecule has 1 rings (SSSR count). The van der Waals surface area contributed by atoms with Gasteiger partial charge in [-0.2, -0.15) is 13.2 Å². The van der Waals surface area contributed by atoms with Crippen molar-refractivity contribution in [2.75, 3.05) is 7.11 Å². The van der Waals surface area contributed by atoms with Crippen molar-refractivity contribution in [1.29, 1.82) is 0 Å². The number of hydrogen-bond donors (Lipinski definition) is 1. The highest BCUT2D eigenvalue weighted by atomic mass is 19.4. The van der Waals surface area contributed by atoms with E-state index in [0.717, 1.165) is 6.92 Å². The minimum atomic E-state index is -4.38. The van der Waals surface area contributed by atoms with E-state index in [1.807, 2.05) is 0 Å². The average molecular weight is 277 g/mol. The lowest BCUT2D eigenvalue weighted by atomic mass is 10.0. The number of hydrogen-bond acceptors (Lipinski definition) is 3. The van der Waals surface area contributed by atoms with Gasteiger partial charge < -0.3 is 15.2 Å². The molecule has 0 aliphatic carbocycles. The topological polar surface area (TPSA) is 44.5 Å². The van der Waals surface area contributed by atoms with Crippen molar-refractivity contribution in [2.24, 2.45) is 5.73 Å². The van der Waals surface area contributed by atoms with Gasteiger partial charge in [-0.1, -0.05) is 12.1 Å². The molecular weight excluding hydrogens is 259 g/mol. The van der Waals surface area contributed by atoms with Crippen molar-refractivity contribution < 1.29 is 22.6 Å². The monoisotopic (exact) mass is 277 g/mol. The van der Waals surface area contributed by atoms with Crippen LogP contribution in [0.15, 0.2) is 24.3 Å². The van der Waals surface area contributed by atoms with Crippen molar-refractivity contribution in [2.45, 2.75) is 38.3 Å². The Balaban J connectivity index is 2.68. The Morgan fingerprint density at radius 2 is 1.63 bits per heavy atom. The van der Waals surface area contributed by atoms with Gasteiger partial charge >= 0.3 is 6.18 Å². The third kappa shape index (κ3) is 4.40. The smallest absolute Gasteiger partial charge is 0.414 e. The van der Waals surface area contributed by atoms with Crippen LogP contribution in [0, 0.1) is 0 Å². The van der Waals surface area contributed by atoms with E-state index in [1.165, 1.54) is 14.0 Å². The first-order valence-electron chi connectivity index (χ1n) is 5.87. The lowest BCUT2D eigenvalue weighted by molar-refractivity contribution is -0.226. The van der Waals surface area contributed by atoms with Gasteiger partial charge in [-0.15, -0.1) is 0 Å². The van der Waals surface area contributed by atoms with Crippen molar-refractivity contribution in [3.63, 3.8) is 0 Å². The Bertz CT molecular complexity index is 392. The SMILES string of the molecule is COc1ccc(C(N)C(C)OC(C)C(F)(F)F)cc1. The highest BCUT2D eigenvalue weighted by Gasteiger charge is 2.38. The minimum absolute atomic E-state index is 0.629. The third-order valence-corrected chi connectivity index (χ3v) is 2.89. The summed E-state index contributed by atoms with van der Waals surface area (Å²) in [6, 6.07) is 6.20. The minimum Gasteiger partial charge on any atom is -0.497 e. The molecule has 3 unspecified atom stereocenters. The lowest BCUT2D eigenvalue weighted by Gasteiger charge is -2.26. The summed E-state index contributed by atoms with van der Waals surface area (Å²) < 4.78 is 47.1. The molecule has 108 valence electrons. The molecule has 0 heterocycles. The maximum atomic E-state index is 12.4. The molecule has 0 fully saturated rings. The highest BCUT2D eigenvalue weighted by Crippen LogP contribution is 2.26. The van der Waals surface area contributed by atoms with Gasteiger partial charge in [0, 0.05) is 0 Å². The molecule has 0 aliphatic heterocycles. The first kappa shape index (κ1) is 15.8. The Hall–Kier alpha value is -1.27. The Morgan fingerprint density at radius 1 is 1.11 bits per heavy atom. The van der Waals surface area contributed by atoms with Crippen LogP contribution in [0.2, 0.25) is 0 Å². The van der Waals surface area contributed by atoms with Gasteiger partial charge in [-0.05, 0) is 31.5 Å². The molecular formula is C13H18F3NO2. The van der Waals surface area contributed by atoms with Gasteiger partial charge in [0.05, 0.1) is 19.3 Å². The molecule has 0 amide bonds. The van der Waals surface area contributed by atoms with E-state index in [9.17, 15) is 13.2 Å². The van der Waals surface area contributed by atoms with Gasteiger partial charge in [0.2, 0.25) is 0 Å². The van der Waals surface area contributed by atoms with E-state index in [1.54, 1.807) is 24.3 Å². The number of methoxy groups -OCH3 is 1.